The van der Waals surface area contributed by atoms with Gasteiger partial charge in [0.05, 0.1) is 0 Å². The number of halogens is 4. The van der Waals surface area contributed by atoms with Crippen LogP contribution < -0.4 is 5.32 Å². The van der Waals surface area contributed by atoms with Crippen molar-refractivity contribution in [2.75, 3.05) is 0 Å². The van der Waals surface area contributed by atoms with E-state index in [-0.39, 0.29) is 17.9 Å². The molecule has 4 atom stereocenters. The van der Waals surface area contributed by atoms with Crippen molar-refractivity contribution in [2.24, 2.45) is 23.7 Å². The number of carbonyl (C=O) groups excluding carboxylic acids is 1. The molecule has 0 aromatic rings. The average molecular weight is 251 g/mol. The third-order valence-corrected chi connectivity index (χ3v) is 4.61. The van der Waals surface area contributed by atoms with E-state index in [1.54, 1.807) is 0 Å². The topological polar surface area (TPSA) is 29.1 Å². The fourth-order valence-corrected chi connectivity index (χ4v) is 3.87. The molecule has 0 heterocycles. The van der Waals surface area contributed by atoms with Crippen LogP contribution in [0.25, 0.3) is 0 Å². The van der Waals surface area contributed by atoms with Gasteiger partial charge in [-0.3, -0.25) is 4.79 Å². The Hall–Kier alpha value is -0.810. The molecule has 0 aliphatic heterocycles. The maximum absolute atomic E-state index is 12.8. The van der Waals surface area contributed by atoms with E-state index in [0.717, 1.165) is 19.3 Å². The van der Waals surface area contributed by atoms with E-state index < -0.39 is 18.3 Å². The molecule has 2 nitrogen and oxygen atoms in total. The van der Waals surface area contributed by atoms with Crippen LogP contribution in [-0.4, -0.2) is 24.3 Å². The number of carbonyl (C=O) groups is 1. The summed E-state index contributed by atoms with van der Waals surface area (Å²) in [6, 6.07) is -0.279. The first-order valence-electron chi connectivity index (χ1n) is 5.90. The highest BCUT2D eigenvalue weighted by Gasteiger charge is 2.66. The van der Waals surface area contributed by atoms with Crippen LogP contribution in [0.15, 0.2) is 0 Å². The van der Waals surface area contributed by atoms with Crippen molar-refractivity contribution in [1.82, 2.24) is 5.32 Å². The predicted molar refractivity (Wildman–Crippen MR) is 50.7 cm³/mol. The standard InChI is InChI=1S/C11H13F4NO/c12-9(13)11(14,15)10(17)16-8-6-4-1-2-5(3-4)7(6)8/h4-9H,1-3H2,(H,16,17). The number of fused-ring (bicyclic) bond motifs is 5. The van der Waals surface area contributed by atoms with Crippen LogP contribution in [0.4, 0.5) is 17.6 Å². The lowest BCUT2D eigenvalue weighted by molar-refractivity contribution is -0.169. The molecule has 1 N–H and O–H groups in total. The van der Waals surface area contributed by atoms with Gasteiger partial charge in [-0.2, -0.15) is 8.78 Å². The van der Waals surface area contributed by atoms with E-state index >= 15 is 0 Å². The molecule has 0 radical (unpaired) electrons. The Morgan fingerprint density at radius 3 is 2.18 bits per heavy atom. The van der Waals surface area contributed by atoms with Crippen molar-refractivity contribution in [2.45, 2.75) is 37.7 Å². The Bertz CT molecular complexity index is 343. The summed E-state index contributed by atoms with van der Waals surface area (Å²) in [7, 11) is 0. The van der Waals surface area contributed by atoms with E-state index in [2.05, 4.69) is 5.32 Å². The van der Waals surface area contributed by atoms with Crippen molar-refractivity contribution < 1.29 is 22.4 Å². The minimum atomic E-state index is -4.56. The summed E-state index contributed by atoms with van der Waals surface area (Å²) in [5.74, 6) is -4.81. The van der Waals surface area contributed by atoms with Crippen LogP contribution in [0.5, 0.6) is 0 Å². The zero-order valence-electron chi connectivity index (χ0n) is 9.01. The smallest absolute Gasteiger partial charge is 0.347 e. The predicted octanol–water partition coefficient (Wildman–Crippen LogP) is 2.05. The molecule has 0 spiro atoms. The van der Waals surface area contributed by atoms with Crippen LogP contribution in [0.3, 0.4) is 0 Å². The molecule has 3 rings (SSSR count). The van der Waals surface area contributed by atoms with Gasteiger partial charge in [0.25, 0.3) is 5.91 Å². The Labute approximate surface area is 95.7 Å². The van der Waals surface area contributed by atoms with Gasteiger partial charge in [-0.15, -0.1) is 0 Å². The van der Waals surface area contributed by atoms with E-state index in [9.17, 15) is 22.4 Å². The lowest BCUT2D eigenvalue weighted by Gasteiger charge is -2.16. The van der Waals surface area contributed by atoms with Crippen LogP contribution >= 0.6 is 0 Å². The quantitative estimate of drug-likeness (QED) is 0.764. The minimum Gasteiger partial charge on any atom is -0.347 e. The second-order valence-electron chi connectivity index (χ2n) is 5.41. The first-order chi connectivity index (χ1) is 7.93. The van der Waals surface area contributed by atoms with E-state index in [1.807, 2.05) is 0 Å². The molecule has 0 aromatic heterocycles. The largest absolute Gasteiger partial charge is 0.383 e. The monoisotopic (exact) mass is 251 g/mol. The highest BCUT2D eigenvalue weighted by atomic mass is 19.3. The molecule has 17 heavy (non-hydrogen) atoms. The summed E-state index contributed by atoms with van der Waals surface area (Å²) >= 11 is 0. The number of hydrogen-bond acceptors (Lipinski definition) is 1. The molecule has 4 unspecified atom stereocenters. The summed E-state index contributed by atoms with van der Waals surface area (Å²) in [5.41, 5.74) is 0. The summed E-state index contributed by atoms with van der Waals surface area (Å²) in [6.45, 7) is 0. The maximum Gasteiger partial charge on any atom is 0.383 e. The SMILES string of the molecule is O=C(NC1C2C3CCC(C3)C12)C(F)(F)C(F)F. The second kappa shape index (κ2) is 3.36. The van der Waals surface area contributed by atoms with Gasteiger partial charge in [0, 0.05) is 6.04 Å². The van der Waals surface area contributed by atoms with Gasteiger partial charge < -0.3 is 5.32 Å². The first kappa shape index (κ1) is 11.3. The Morgan fingerprint density at radius 1 is 1.18 bits per heavy atom. The number of rotatable bonds is 3. The van der Waals surface area contributed by atoms with E-state index in [1.165, 1.54) is 0 Å². The van der Waals surface area contributed by atoms with E-state index in [0.29, 0.717) is 11.8 Å². The number of alkyl halides is 4. The van der Waals surface area contributed by atoms with Crippen molar-refractivity contribution >= 4 is 5.91 Å². The fraction of sp³-hybridized carbons (Fsp3) is 0.909. The lowest BCUT2D eigenvalue weighted by Crippen LogP contribution is -2.47. The Balaban J connectivity index is 1.61. The molecule has 0 saturated heterocycles. The normalized spacial score (nSPS) is 42.8. The molecule has 2 bridgehead atoms. The second-order valence-corrected chi connectivity index (χ2v) is 5.41. The van der Waals surface area contributed by atoms with Crippen molar-refractivity contribution in [3.63, 3.8) is 0 Å². The molecular formula is C11H13F4NO. The third kappa shape index (κ3) is 1.48. The highest BCUT2D eigenvalue weighted by molar-refractivity contribution is 5.84. The highest BCUT2D eigenvalue weighted by Crippen LogP contribution is 2.65. The van der Waals surface area contributed by atoms with Gasteiger partial charge in [-0.05, 0) is 42.9 Å². The molecule has 3 aliphatic carbocycles. The van der Waals surface area contributed by atoms with Crippen molar-refractivity contribution in [3.8, 4) is 0 Å². The molecule has 1 amide bonds. The molecular weight excluding hydrogens is 238 g/mol. The van der Waals surface area contributed by atoms with Gasteiger partial charge in [-0.25, -0.2) is 8.78 Å². The molecule has 0 aromatic carbocycles. The average Bonchev–Trinajstić information content (AvgIpc) is 2.69. The molecule has 3 aliphatic rings. The number of nitrogens with one attached hydrogen (secondary N) is 1. The van der Waals surface area contributed by atoms with Crippen LogP contribution in [0.2, 0.25) is 0 Å². The summed E-state index contributed by atoms with van der Waals surface area (Å²) in [4.78, 5) is 11.1. The third-order valence-electron chi connectivity index (χ3n) is 4.61. The van der Waals surface area contributed by atoms with Crippen LogP contribution in [-0.2, 0) is 4.79 Å². The van der Waals surface area contributed by atoms with Gasteiger partial charge in [-0.1, -0.05) is 0 Å². The molecule has 96 valence electrons. The van der Waals surface area contributed by atoms with Crippen LogP contribution in [0.1, 0.15) is 19.3 Å². The van der Waals surface area contributed by atoms with Crippen molar-refractivity contribution in [3.05, 3.63) is 0 Å². The van der Waals surface area contributed by atoms with E-state index in [4.69, 9.17) is 0 Å². The fourth-order valence-electron chi connectivity index (χ4n) is 3.87. The Morgan fingerprint density at radius 2 is 1.71 bits per heavy atom. The minimum absolute atomic E-state index is 0.270. The summed E-state index contributed by atoms with van der Waals surface area (Å²) in [6.07, 6.45) is -0.641. The summed E-state index contributed by atoms with van der Waals surface area (Å²) in [5, 5.41) is 2.11. The lowest BCUT2D eigenvalue weighted by atomic mass is 10.0. The van der Waals surface area contributed by atoms with Gasteiger partial charge in [0.2, 0.25) is 0 Å². The van der Waals surface area contributed by atoms with Crippen LogP contribution in [0, 0.1) is 23.7 Å². The molecule has 6 heteroatoms. The van der Waals surface area contributed by atoms with Gasteiger partial charge in [0.15, 0.2) is 0 Å². The maximum atomic E-state index is 12.8. The number of amides is 1. The van der Waals surface area contributed by atoms with Gasteiger partial charge in [0.1, 0.15) is 0 Å². The first-order valence-corrected chi connectivity index (χ1v) is 5.90. The van der Waals surface area contributed by atoms with Crippen molar-refractivity contribution in [1.29, 1.82) is 0 Å². The zero-order chi connectivity index (χ0) is 12.4. The number of hydrogen-bond donors (Lipinski definition) is 1. The summed E-state index contributed by atoms with van der Waals surface area (Å²) < 4.78 is 49.5. The zero-order valence-corrected chi connectivity index (χ0v) is 9.01. The molecule has 3 fully saturated rings. The Kier molecular flexibility index (Phi) is 2.23. The van der Waals surface area contributed by atoms with Gasteiger partial charge >= 0.3 is 12.3 Å². The molecule has 3 saturated carbocycles.